The topological polar surface area (TPSA) is 55.8 Å². The molecule has 6 heteroatoms. The molecule has 0 amide bonds. The van der Waals surface area contributed by atoms with Crippen molar-refractivity contribution in [1.29, 1.82) is 0 Å². The molecular formula is C11H21NO4S. The van der Waals surface area contributed by atoms with Crippen LogP contribution in [0.15, 0.2) is 0 Å². The molecule has 2 rings (SSSR count). The van der Waals surface area contributed by atoms with Gasteiger partial charge in [0.1, 0.15) is 0 Å². The van der Waals surface area contributed by atoms with Gasteiger partial charge in [-0.1, -0.05) is 12.8 Å². The summed E-state index contributed by atoms with van der Waals surface area (Å²) in [5.41, 5.74) is 0. The Morgan fingerprint density at radius 3 is 2.06 bits per heavy atom. The summed E-state index contributed by atoms with van der Waals surface area (Å²) in [7, 11) is 0.0607. The first-order valence-corrected chi connectivity index (χ1v) is 7.71. The Morgan fingerprint density at radius 1 is 1.12 bits per heavy atom. The lowest BCUT2D eigenvalue weighted by Crippen LogP contribution is -2.32. The summed E-state index contributed by atoms with van der Waals surface area (Å²) in [5.74, 6) is 0.911. The van der Waals surface area contributed by atoms with Gasteiger partial charge in [-0.3, -0.25) is 0 Å². The van der Waals surface area contributed by atoms with Crippen LogP contribution in [0.3, 0.4) is 0 Å². The minimum absolute atomic E-state index is 0.143. The second kappa shape index (κ2) is 5.22. The van der Waals surface area contributed by atoms with Crippen LogP contribution in [0.4, 0.5) is 0 Å². The van der Waals surface area contributed by atoms with Gasteiger partial charge in [0, 0.05) is 27.3 Å². The predicted molar refractivity (Wildman–Crippen MR) is 64.3 cm³/mol. The average molecular weight is 263 g/mol. The van der Waals surface area contributed by atoms with Gasteiger partial charge in [-0.2, -0.15) is 4.31 Å². The third-order valence-corrected chi connectivity index (χ3v) is 5.50. The number of hydrogen-bond donors (Lipinski definition) is 0. The molecule has 0 radical (unpaired) electrons. The van der Waals surface area contributed by atoms with Crippen LogP contribution in [-0.4, -0.2) is 58.0 Å². The van der Waals surface area contributed by atoms with Crippen LogP contribution in [0.2, 0.25) is 0 Å². The molecule has 1 heterocycles. The van der Waals surface area contributed by atoms with E-state index in [-0.39, 0.29) is 18.0 Å². The summed E-state index contributed by atoms with van der Waals surface area (Å²) in [4.78, 5) is 0. The molecule has 2 atom stereocenters. The quantitative estimate of drug-likeness (QED) is 0.698. The zero-order chi connectivity index (χ0) is 12.5. The van der Waals surface area contributed by atoms with Crippen molar-refractivity contribution in [3.8, 4) is 0 Å². The van der Waals surface area contributed by atoms with Crippen LogP contribution in [-0.2, 0) is 19.5 Å². The third kappa shape index (κ3) is 3.19. The Balaban J connectivity index is 1.92. The monoisotopic (exact) mass is 263 g/mol. The van der Waals surface area contributed by atoms with E-state index in [2.05, 4.69) is 0 Å². The van der Waals surface area contributed by atoms with Crippen LogP contribution in [0, 0.1) is 5.92 Å². The molecule has 0 aromatic rings. The molecule has 2 fully saturated rings. The molecule has 2 aliphatic rings. The Labute approximate surface area is 103 Å². The number of ether oxygens (including phenoxy) is 2. The van der Waals surface area contributed by atoms with Gasteiger partial charge in [-0.15, -0.1) is 0 Å². The Hall–Kier alpha value is -0.170. The summed E-state index contributed by atoms with van der Waals surface area (Å²) in [6, 6.07) is 0. The van der Waals surface area contributed by atoms with E-state index in [0.717, 1.165) is 6.42 Å². The van der Waals surface area contributed by atoms with Crippen LogP contribution < -0.4 is 0 Å². The molecule has 0 aromatic carbocycles. The minimum Gasteiger partial charge on any atom is -0.377 e. The van der Waals surface area contributed by atoms with Crippen LogP contribution in [0.5, 0.6) is 0 Å². The standard InChI is InChI=1S/C11H21NO4S/c1-15-10-7-12(8-11(10)16-2)17(13,14)6-5-9-3-4-9/h9-11H,3-8H2,1-2H3. The Bertz CT molecular complexity index is 340. The zero-order valence-electron chi connectivity index (χ0n) is 10.5. The fraction of sp³-hybridized carbons (Fsp3) is 1.00. The SMILES string of the molecule is COC1CN(S(=O)(=O)CCC2CC2)CC1OC. The van der Waals surface area contributed by atoms with Gasteiger partial charge in [-0.25, -0.2) is 8.42 Å². The molecule has 0 spiro atoms. The van der Waals surface area contributed by atoms with Gasteiger partial charge in [0.05, 0.1) is 18.0 Å². The van der Waals surface area contributed by atoms with Gasteiger partial charge in [0.25, 0.3) is 0 Å². The molecule has 2 unspecified atom stereocenters. The van der Waals surface area contributed by atoms with Gasteiger partial charge in [0.15, 0.2) is 0 Å². The first-order chi connectivity index (χ1) is 8.06. The highest BCUT2D eigenvalue weighted by Crippen LogP contribution is 2.33. The van der Waals surface area contributed by atoms with Crippen molar-refractivity contribution in [1.82, 2.24) is 4.31 Å². The number of nitrogens with zero attached hydrogens (tertiary/aromatic N) is 1. The van der Waals surface area contributed by atoms with E-state index in [1.54, 1.807) is 14.2 Å². The summed E-state index contributed by atoms with van der Waals surface area (Å²) in [6.07, 6.45) is 2.90. The highest BCUT2D eigenvalue weighted by molar-refractivity contribution is 7.89. The van der Waals surface area contributed by atoms with E-state index in [0.29, 0.717) is 19.0 Å². The van der Waals surface area contributed by atoms with E-state index in [4.69, 9.17) is 9.47 Å². The lowest BCUT2D eigenvalue weighted by Gasteiger charge is -2.15. The van der Waals surface area contributed by atoms with Crippen LogP contribution in [0.1, 0.15) is 19.3 Å². The van der Waals surface area contributed by atoms with Crippen LogP contribution in [0.25, 0.3) is 0 Å². The maximum Gasteiger partial charge on any atom is 0.214 e. The normalized spacial score (nSPS) is 30.9. The second-order valence-electron chi connectivity index (χ2n) is 4.91. The molecule has 0 bridgehead atoms. The van der Waals surface area contributed by atoms with Crippen molar-refractivity contribution >= 4 is 10.0 Å². The predicted octanol–water partition coefficient (Wildman–Crippen LogP) is 0.462. The first-order valence-electron chi connectivity index (χ1n) is 6.10. The lowest BCUT2D eigenvalue weighted by atomic mass is 10.3. The lowest BCUT2D eigenvalue weighted by molar-refractivity contribution is -0.00461. The Kier molecular flexibility index (Phi) is 4.07. The van der Waals surface area contributed by atoms with Gasteiger partial charge in [-0.05, 0) is 12.3 Å². The molecule has 0 N–H and O–H groups in total. The fourth-order valence-electron chi connectivity index (χ4n) is 2.24. The van der Waals surface area contributed by atoms with Crippen molar-refractivity contribution in [2.75, 3.05) is 33.1 Å². The third-order valence-electron chi connectivity index (χ3n) is 3.66. The van der Waals surface area contributed by atoms with Gasteiger partial charge in [0.2, 0.25) is 10.0 Å². The van der Waals surface area contributed by atoms with Crippen molar-refractivity contribution in [3.05, 3.63) is 0 Å². The highest BCUT2D eigenvalue weighted by Gasteiger charge is 2.39. The van der Waals surface area contributed by atoms with Crippen LogP contribution >= 0.6 is 0 Å². The molecule has 1 aliphatic carbocycles. The number of hydrogen-bond acceptors (Lipinski definition) is 4. The molecule has 5 nitrogen and oxygen atoms in total. The van der Waals surface area contributed by atoms with E-state index in [9.17, 15) is 8.42 Å². The molecule has 1 aliphatic heterocycles. The first kappa shape index (κ1) is 13.3. The van der Waals surface area contributed by atoms with Gasteiger partial charge >= 0.3 is 0 Å². The highest BCUT2D eigenvalue weighted by atomic mass is 32.2. The number of rotatable bonds is 6. The summed E-state index contributed by atoms with van der Waals surface area (Å²) in [6.45, 7) is 0.837. The van der Waals surface area contributed by atoms with E-state index in [1.165, 1.54) is 17.1 Å². The fourth-order valence-corrected chi connectivity index (χ4v) is 3.88. The van der Waals surface area contributed by atoms with Gasteiger partial charge < -0.3 is 9.47 Å². The van der Waals surface area contributed by atoms with Crippen molar-refractivity contribution in [2.24, 2.45) is 5.92 Å². The maximum atomic E-state index is 12.1. The van der Waals surface area contributed by atoms with E-state index in [1.807, 2.05) is 0 Å². The average Bonchev–Trinajstić information content (AvgIpc) is 3.03. The molecular weight excluding hydrogens is 242 g/mol. The summed E-state index contributed by atoms with van der Waals surface area (Å²) < 4.78 is 36.2. The minimum atomic E-state index is -3.13. The summed E-state index contributed by atoms with van der Waals surface area (Å²) in [5, 5.41) is 0. The number of methoxy groups -OCH3 is 2. The molecule has 1 saturated heterocycles. The molecule has 1 saturated carbocycles. The zero-order valence-corrected chi connectivity index (χ0v) is 11.3. The molecule has 0 aromatic heterocycles. The maximum absolute atomic E-state index is 12.1. The molecule has 100 valence electrons. The van der Waals surface area contributed by atoms with Crippen molar-refractivity contribution < 1.29 is 17.9 Å². The van der Waals surface area contributed by atoms with Crippen molar-refractivity contribution in [3.63, 3.8) is 0 Å². The smallest absolute Gasteiger partial charge is 0.214 e. The molecule has 17 heavy (non-hydrogen) atoms. The van der Waals surface area contributed by atoms with Crippen molar-refractivity contribution in [2.45, 2.75) is 31.5 Å². The van der Waals surface area contributed by atoms with E-state index < -0.39 is 10.0 Å². The summed E-state index contributed by atoms with van der Waals surface area (Å²) >= 11 is 0. The second-order valence-corrected chi connectivity index (χ2v) is 7.00. The number of sulfonamides is 1. The largest absolute Gasteiger partial charge is 0.377 e. The van der Waals surface area contributed by atoms with E-state index >= 15 is 0 Å². The Morgan fingerprint density at radius 2 is 1.65 bits per heavy atom.